The Morgan fingerprint density at radius 2 is 2.62 bits per heavy atom. The van der Waals surface area contributed by atoms with Crippen LogP contribution in [-0.2, 0) is 0 Å². The number of aromatic nitrogens is 1. The Balaban J connectivity index is 3.06. The maximum Gasteiger partial charge on any atom is 0.269 e. The molecule has 0 amide bonds. The Bertz CT molecular complexity index is 233. The second-order valence-electron chi connectivity index (χ2n) is 1.33. The highest BCUT2D eigenvalue weighted by Crippen LogP contribution is 2.27. The van der Waals surface area contributed by atoms with Crippen molar-refractivity contribution >= 4 is 43.1 Å². The van der Waals surface area contributed by atoms with E-state index in [1.54, 1.807) is 34.4 Å². The minimum Gasteiger partial charge on any atom is 0.00171 e. The van der Waals surface area contributed by atoms with Crippen molar-refractivity contribution in [2.75, 3.05) is 0 Å². The van der Waals surface area contributed by atoms with E-state index in [4.69, 9.17) is 0 Å². The molecule has 2 rings (SSSR count). The van der Waals surface area contributed by atoms with Crippen LogP contribution in [0.4, 0.5) is 0 Å². The van der Waals surface area contributed by atoms with Crippen LogP contribution in [0.2, 0.25) is 0 Å². The van der Waals surface area contributed by atoms with E-state index in [2.05, 4.69) is 15.2 Å². The molecule has 0 atom stereocenters. The lowest BCUT2D eigenvalue weighted by Crippen LogP contribution is -1.31. The van der Waals surface area contributed by atoms with E-state index < -0.39 is 0 Å². The highest BCUT2D eigenvalue weighted by Gasteiger charge is 2.06. The minimum absolute atomic E-state index is 1.32. The summed E-state index contributed by atoms with van der Waals surface area (Å²) in [6.45, 7) is 0. The molecule has 0 saturated heterocycles. The van der Waals surface area contributed by atoms with Crippen LogP contribution < -0.4 is 0 Å². The van der Waals surface area contributed by atoms with E-state index in [0.29, 0.717) is 0 Å². The molecule has 0 unspecified atom stereocenters. The zero-order valence-electron chi connectivity index (χ0n) is 3.83. The van der Waals surface area contributed by atoms with Gasteiger partial charge in [0.25, 0.3) is 4.01 Å². The van der Waals surface area contributed by atoms with Crippen molar-refractivity contribution in [3.05, 3.63) is 11.4 Å². The largest absolute Gasteiger partial charge is 0.269 e. The van der Waals surface area contributed by atoms with Crippen molar-refractivity contribution in [2.24, 2.45) is 0 Å². The summed E-state index contributed by atoms with van der Waals surface area (Å²) >= 11 is 4.91. The fourth-order valence-corrected chi connectivity index (χ4v) is 3.30. The van der Waals surface area contributed by atoms with Gasteiger partial charge in [0, 0.05) is 21.2 Å². The summed E-state index contributed by atoms with van der Waals surface area (Å²) in [7, 11) is 0. The van der Waals surface area contributed by atoms with E-state index in [1.165, 1.54) is 8.71 Å². The van der Waals surface area contributed by atoms with Crippen LogP contribution in [0.3, 0.4) is 0 Å². The molecule has 0 spiro atoms. The summed E-state index contributed by atoms with van der Waals surface area (Å²) < 4.78 is 6.72. The van der Waals surface area contributed by atoms with Crippen molar-refractivity contribution in [1.29, 1.82) is 0 Å². The van der Waals surface area contributed by atoms with Gasteiger partial charge in [-0.05, 0) is 0 Å². The van der Waals surface area contributed by atoms with Gasteiger partial charge in [0.15, 0.2) is 16.2 Å². The molecule has 1 nitrogen and oxygen atoms in total. The topological polar surface area (TPSA) is 12.9 Å². The summed E-state index contributed by atoms with van der Waals surface area (Å²) in [4.78, 5) is 0. The van der Waals surface area contributed by atoms with Gasteiger partial charge in [-0.3, -0.25) is 0 Å². The van der Waals surface area contributed by atoms with E-state index in [1.807, 2.05) is 0 Å². The monoisotopic (exact) mass is 160 g/mol. The quantitative estimate of drug-likeness (QED) is 0.540. The Morgan fingerprint density at radius 1 is 1.62 bits per heavy atom. The van der Waals surface area contributed by atoms with Gasteiger partial charge in [0.05, 0.1) is 5.38 Å². The van der Waals surface area contributed by atoms with E-state index >= 15 is 0 Å². The van der Waals surface area contributed by atoms with Gasteiger partial charge in [-0.15, -0.1) is 0 Å². The van der Waals surface area contributed by atoms with Gasteiger partial charge < -0.3 is 0 Å². The first kappa shape index (κ1) is 4.78. The molecule has 0 saturated carbocycles. The van der Waals surface area contributed by atoms with Crippen molar-refractivity contribution < 1.29 is 0 Å². The summed E-state index contributed by atoms with van der Waals surface area (Å²) in [5.74, 6) is 0. The average molecular weight is 160 g/mol. The van der Waals surface area contributed by atoms with Gasteiger partial charge in [-0.25, -0.2) is 0 Å². The standard InChI is InChI=1S/C4H2NS3/c1-2-6-4-3(1)7-5-8-4/h1-2H/q+1. The van der Waals surface area contributed by atoms with Crippen LogP contribution in [0.15, 0.2) is 11.4 Å². The van der Waals surface area contributed by atoms with Gasteiger partial charge in [0.1, 0.15) is 11.5 Å². The van der Waals surface area contributed by atoms with Crippen LogP contribution >= 0.6 is 34.4 Å². The Morgan fingerprint density at radius 3 is 3.50 bits per heavy atom. The normalized spacial score (nSPS) is 10.5. The maximum absolute atomic E-state index is 4.06. The molecule has 2 aromatic heterocycles. The molecule has 0 aliphatic carbocycles. The third kappa shape index (κ3) is 0.571. The van der Waals surface area contributed by atoms with E-state index in [0.717, 1.165) is 0 Å². The van der Waals surface area contributed by atoms with Crippen molar-refractivity contribution in [3.8, 4) is 0 Å². The molecule has 0 N–H and O–H groups in total. The van der Waals surface area contributed by atoms with Gasteiger partial charge in [-0.1, -0.05) is 0 Å². The highest BCUT2D eigenvalue weighted by atomic mass is 32.2. The molecular weight excluding hydrogens is 158 g/mol. The number of thiophene rings is 1. The Kier molecular flexibility index (Phi) is 1.03. The third-order valence-corrected chi connectivity index (χ3v) is 3.85. The smallest absolute Gasteiger partial charge is 0.00171 e. The number of hydrogen-bond acceptors (Lipinski definition) is 3. The number of hydrogen-bond donors (Lipinski definition) is 0. The molecule has 0 aliphatic heterocycles. The number of rotatable bonds is 0. The van der Waals surface area contributed by atoms with Crippen LogP contribution in [0.5, 0.6) is 0 Å². The zero-order valence-corrected chi connectivity index (χ0v) is 6.28. The molecule has 2 heterocycles. The Labute approximate surface area is 58.5 Å². The zero-order chi connectivity index (χ0) is 5.40. The lowest BCUT2D eigenvalue weighted by Gasteiger charge is -1.46. The summed E-state index contributed by atoms with van der Waals surface area (Å²) in [6.07, 6.45) is 0. The molecule has 40 valence electrons. The summed E-state index contributed by atoms with van der Waals surface area (Å²) in [6, 6.07) is 2.11. The summed E-state index contributed by atoms with van der Waals surface area (Å²) in [5.41, 5.74) is 0. The molecule has 4 heteroatoms. The summed E-state index contributed by atoms with van der Waals surface area (Å²) in [5, 5.41) is 2.10. The van der Waals surface area contributed by atoms with E-state index in [-0.39, 0.29) is 0 Å². The second-order valence-corrected chi connectivity index (χ2v) is 4.31. The molecule has 0 radical (unpaired) electrons. The molecule has 0 fully saturated rings. The molecule has 0 bridgehead atoms. The second kappa shape index (κ2) is 1.72. The van der Waals surface area contributed by atoms with Crippen molar-refractivity contribution in [3.63, 3.8) is 0 Å². The third-order valence-electron chi connectivity index (χ3n) is 0.851. The van der Waals surface area contributed by atoms with Gasteiger partial charge >= 0.3 is 0 Å². The molecule has 0 aromatic carbocycles. The molecule has 2 aromatic rings. The lowest BCUT2D eigenvalue weighted by atomic mass is 10.7. The molecular formula is C4H2NS3+. The first-order valence-electron chi connectivity index (χ1n) is 2.09. The fraction of sp³-hybridized carbons (Fsp3) is 0. The maximum atomic E-state index is 4.06. The predicted molar refractivity (Wildman–Crippen MR) is 39.8 cm³/mol. The predicted octanol–water partition coefficient (Wildman–Crippen LogP) is 2.70. The fourth-order valence-electron chi connectivity index (χ4n) is 0.511. The Hall–Kier alpha value is -0.0600. The average Bonchev–Trinajstić information content (AvgIpc) is 2.15. The highest BCUT2D eigenvalue weighted by molar-refractivity contribution is 7.42. The lowest BCUT2D eigenvalue weighted by molar-refractivity contribution is 1.91. The van der Waals surface area contributed by atoms with Crippen LogP contribution in [0.25, 0.3) is 8.71 Å². The van der Waals surface area contributed by atoms with Crippen molar-refractivity contribution in [1.82, 2.24) is 3.76 Å². The van der Waals surface area contributed by atoms with Crippen LogP contribution in [0, 0.1) is 0 Å². The number of fused-ring (bicyclic) bond motifs is 1. The van der Waals surface area contributed by atoms with E-state index in [9.17, 15) is 0 Å². The molecule has 8 heavy (non-hydrogen) atoms. The van der Waals surface area contributed by atoms with Gasteiger partial charge in [-0.2, -0.15) is 0 Å². The number of nitrogens with zero attached hydrogens (tertiary/aromatic N) is 1. The van der Waals surface area contributed by atoms with Crippen LogP contribution in [-0.4, -0.2) is 3.76 Å². The first-order valence-corrected chi connectivity index (χ1v) is 4.51. The SMILES string of the molecule is c1cc2sn[s+]c2s1. The minimum atomic E-state index is 1.32. The first-order chi connectivity index (χ1) is 3.97. The molecule has 0 aliphatic rings. The van der Waals surface area contributed by atoms with Crippen molar-refractivity contribution in [2.45, 2.75) is 0 Å². The van der Waals surface area contributed by atoms with Crippen LogP contribution in [0.1, 0.15) is 0 Å². The van der Waals surface area contributed by atoms with Gasteiger partial charge in [0.2, 0.25) is 0 Å².